The third kappa shape index (κ3) is 6.10. The van der Waals surface area contributed by atoms with Gasteiger partial charge in [-0.15, -0.1) is 0 Å². The summed E-state index contributed by atoms with van der Waals surface area (Å²) in [6.45, 7) is 0.113. The Kier molecular flexibility index (Phi) is 5.88. The van der Waals surface area contributed by atoms with Gasteiger partial charge in [-0.25, -0.2) is 0 Å². The average molecular weight is 189 g/mol. The molecule has 0 aromatic rings. The van der Waals surface area contributed by atoms with Crippen molar-refractivity contribution in [3.8, 4) is 0 Å². The van der Waals surface area contributed by atoms with E-state index in [0.717, 1.165) is 0 Å². The van der Waals surface area contributed by atoms with Gasteiger partial charge in [0, 0.05) is 13.0 Å². The number of carboxylic acid groups (broad SMARTS) is 2. The molecule has 0 aliphatic heterocycles. The van der Waals surface area contributed by atoms with Gasteiger partial charge in [0.05, 0.1) is 5.92 Å². The molecule has 0 aliphatic carbocycles. The van der Waals surface area contributed by atoms with Gasteiger partial charge in [-0.1, -0.05) is 6.42 Å². The number of carboxylic acids is 2. The van der Waals surface area contributed by atoms with Crippen LogP contribution in [0.25, 0.3) is 0 Å². The Balaban J connectivity index is 3.50. The van der Waals surface area contributed by atoms with Crippen LogP contribution in [0.3, 0.4) is 0 Å². The van der Waals surface area contributed by atoms with E-state index in [2.05, 4.69) is 0 Å². The van der Waals surface area contributed by atoms with Gasteiger partial charge in [0.2, 0.25) is 0 Å². The van der Waals surface area contributed by atoms with Gasteiger partial charge in [0.15, 0.2) is 0 Å². The molecule has 76 valence electrons. The average Bonchev–Trinajstić information content (AvgIpc) is 2.03. The summed E-state index contributed by atoms with van der Waals surface area (Å²) in [7, 11) is 0. The number of carbonyl (C=O) groups is 2. The highest BCUT2D eigenvalue weighted by Gasteiger charge is 2.14. The lowest BCUT2D eigenvalue weighted by Gasteiger charge is -2.07. The Morgan fingerprint density at radius 2 is 1.85 bits per heavy atom. The van der Waals surface area contributed by atoms with Crippen molar-refractivity contribution in [2.45, 2.75) is 25.7 Å². The van der Waals surface area contributed by atoms with Crippen molar-refractivity contribution in [3.05, 3.63) is 0 Å². The fourth-order valence-electron chi connectivity index (χ4n) is 1.01. The molecule has 0 amide bonds. The number of hydrogen-bond acceptors (Lipinski definition) is 3. The second-order valence-corrected chi connectivity index (χ2v) is 2.91. The SMILES string of the molecule is NCC(CCCCC(=O)O)C(=O)O. The minimum atomic E-state index is -0.905. The van der Waals surface area contributed by atoms with Crippen molar-refractivity contribution >= 4 is 11.9 Å². The fourth-order valence-corrected chi connectivity index (χ4v) is 1.01. The van der Waals surface area contributed by atoms with Crippen LogP contribution in [-0.2, 0) is 9.59 Å². The Hall–Kier alpha value is -1.10. The Morgan fingerprint density at radius 3 is 2.23 bits per heavy atom. The number of nitrogens with two attached hydrogens (primary N) is 1. The molecule has 1 unspecified atom stereocenters. The molecule has 0 rings (SSSR count). The van der Waals surface area contributed by atoms with E-state index in [1.54, 1.807) is 0 Å². The second-order valence-electron chi connectivity index (χ2n) is 2.91. The van der Waals surface area contributed by atoms with Crippen LogP contribution in [0.15, 0.2) is 0 Å². The van der Waals surface area contributed by atoms with E-state index >= 15 is 0 Å². The molecule has 5 heteroatoms. The summed E-state index contributed by atoms with van der Waals surface area (Å²) in [5.74, 6) is -2.29. The van der Waals surface area contributed by atoms with Crippen LogP contribution in [0.2, 0.25) is 0 Å². The summed E-state index contributed by atoms with van der Waals surface area (Å²) in [6.07, 6.45) is 1.66. The van der Waals surface area contributed by atoms with Crippen molar-refractivity contribution in [2.24, 2.45) is 11.7 Å². The molecule has 5 nitrogen and oxygen atoms in total. The quantitative estimate of drug-likeness (QED) is 0.500. The van der Waals surface area contributed by atoms with E-state index in [4.69, 9.17) is 15.9 Å². The van der Waals surface area contributed by atoms with Crippen LogP contribution in [-0.4, -0.2) is 28.7 Å². The van der Waals surface area contributed by atoms with Crippen LogP contribution < -0.4 is 5.73 Å². The molecule has 0 fully saturated rings. The van der Waals surface area contributed by atoms with E-state index in [-0.39, 0.29) is 13.0 Å². The van der Waals surface area contributed by atoms with Gasteiger partial charge >= 0.3 is 11.9 Å². The van der Waals surface area contributed by atoms with Crippen LogP contribution in [0.5, 0.6) is 0 Å². The smallest absolute Gasteiger partial charge is 0.307 e. The zero-order chi connectivity index (χ0) is 10.3. The molecule has 0 aromatic carbocycles. The third-order valence-corrected chi connectivity index (χ3v) is 1.83. The summed E-state index contributed by atoms with van der Waals surface area (Å²) in [6, 6.07) is 0. The monoisotopic (exact) mass is 189 g/mol. The van der Waals surface area contributed by atoms with Crippen LogP contribution in [0, 0.1) is 5.92 Å². The normalized spacial score (nSPS) is 12.4. The van der Waals surface area contributed by atoms with Crippen molar-refractivity contribution in [1.82, 2.24) is 0 Å². The van der Waals surface area contributed by atoms with Gasteiger partial charge < -0.3 is 15.9 Å². The molecule has 0 radical (unpaired) electrons. The van der Waals surface area contributed by atoms with Gasteiger partial charge in [0.25, 0.3) is 0 Å². The third-order valence-electron chi connectivity index (χ3n) is 1.83. The highest BCUT2D eigenvalue weighted by atomic mass is 16.4. The standard InChI is InChI=1S/C8H15NO4/c9-5-6(8(12)13)3-1-2-4-7(10)11/h6H,1-5,9H2,(H,10,11)(H,12,13). The summed E-state index contributed by atoms with van der Waals surface area (Å²) in [4.78, 5) is 20.6. The van der Waals surface area contributed by atoms with Crippen LogP contribution in [0.1, 0.15) is 25.7 Å². The molecule has 0 saturated heterocycles. The lowest BCUT2D eigenvalue weighted by molar-refractivity contribution is -0.141. The topological polar surface area (TPSA) is 101 Å². The van der Waals surface area contributed by atoms with Gasteiger partial charge in [-0.2, -0.15) is 0 Å². The van der Waals surface area contributed by atoms with Crippen molar-refractivity contribution in [3.63, 3.8) is 0 Å². The Labute approximate surface area is 76.5 Å². The van der Waals surface area contributed by atoms with Gasteiger partial charge in [-0.05, 0) is 12.8 Å². The predicted molar refractivity (Wildman–Crippen MR) is 46.3 cm³/mol. The largest absolute Gasteiger partial charge is 0.481 e. The molecule has 0 bridgehead atoms. The summed E-state index contributed by atoms with van der Waals surface area (Å²) >= 11 is 0. The highest BCUT2D eigenvalue weighted by Crippen LogP contribution is 2.08. The molecule has 0 aliphatic rings. The number of aliphatic carboxylic acids is 2. The number of hydrogen-bond donors (Lipinski definition) is 3. The minimum Gasteiger partial charge on any atom is -0.481 e. The first-order chi connectivity index (χ1) is 6.07. The van der Waals surface area contributed by atoms with Crippen LogP contribution >= 0.6 is 0 Å². The Bertz CT molecular complexity index is 181. The van der Waals surface area contributed by atoms with Crippen molar-refractivity contribution < 1.29 is 19.8 Å². The van der Waals surface area contributed by atoms with E-state index in [1.165, 1.54) is 0 Å². The maximum Gasteiger partial charge on any atom is 0.307 e. The first-order valence-corrected chi connectivity index (χ1v) is 4.22. The summed E-state index contributed by atoms with van der Waals surface area (Å²) in [5.41, 5.74) is 5.22. The zero-order valence-electron chi connectivity index (χ0n) is 7.40. The van der Waals surface area contributed by atoms with Gasteiger partial charge in [0.1, 0.15) is 0 Å². The first kappa shape index (κ1) is 11.9. The molecule has 0 saturated carbocycles. The van der Waals surface area contributed by atoms with E-state index < -0.39 is 17.9 Å². The summed E-state index contributed by atoms with van der Waals surface area (Å²) < 4.78 is 0. The Morgan fingerprint density at radius 1 is 1.23 bits per heavy atom. The lowest BCUT2D eigenvalue weighted by Crippen LogP contribution is -2.23. The maximum atomic E-state index is 10.5. The molecule has 0 spiro atoms. The molecule has 0 aromatic heterocycles. The van der Waals surface area contributed by atoms with Crippen molar-refractivity contribution in [2.75, 3.05) is 6.54 Å². The van der Waals surface area contributed by atoms with E-state index in [0.29, 0.717) is 19.3 Å². The second kappa shape index (κ2) is 6.42. The molecular formula is C8H15NO4. The van der Waals surface area contributed by atoms with E-state index in [9.17, 15) is 9.59 Å². The highest BCUT2D eigenvalue weighted by molar-refractivity contribution is 5.70. The first-order valence-electron chi connectivity index (χ1n) is 4.22. The van der Waals surface area contributed by atoms with Crippen LogP contribution in [0.4, 0.5) is 0 Å². The molecule has 1 atom stereocenters. The number of unbranched alkanes of at least 4 members (excludes halogenated alkanes) is 1. The number of rotatable bonds is 7. The summed E-state index contributed by atoms with van der Waals surface area (Å²) in [5, 5.41) is 16.9. The minimum absolute atomic E-state index is 0.0942. The van der Waals surface area contributed by atoms with Gasteiger partial charge in [-0.3, -0.25) is 9.59 Å². The van der Waals surface area contributed by atoms with E-state index in [1.807, 2.05) is 0 Å². The molecule has 13 heavy (non-hydrogen) atoms. The molecule has 4 N–H and O–H groups in total. The maximum absolute atomic E-state index is 10.5. The zero-order valence-corrected chi connectivity index (χ0v) is 7.40. The fraction of sp³-hybridized carbons (Fsp3) is 0.750. The lowest BCUT2D eigenvalue weighted by atomic mass is 10.0. The molecular weight excluding hydrogens is 174 g/mol. The van der Waals surface area contributed by atoms with Crippen molar-refractivity contribution in [1.29, 1.82) is 0 Å². The predicted octanol–water partition coefficient (Wildman–Crippen LogP) is 0.291. The molecule has 0 heterocycles.